The van der Waals surface area contributed by atoms with Gasteiger partial charge in [0.05, 0.1) is 37.2 Å². The predicted molar refractivity (Wildman–Crippen MR) is 120 cm³/mol. The van der Waals surface area contributed by atoms with Crippen molar-refractivity contribution in [3.05, 3.63) is 65.9 Å². The van der Waals surface area contributed by atoms with E-state index in [0.29, 0.717) is 11.5 Å². The number of nitrogens with one attached hydrogen (secondary N) is 1. The van der Waals surface area contributed by atoms with E-state index in [4.69, 9.17) is 9.84 Å². The number of aromatic amines is 1. The molecule has 168 valence electrons. The zero-order chi connectivity index (χ0) is 22.4. The molecule has 0 unspecified atom stereocenters. The van der Waals surface area contributed by atoms with Crippen LogP contribution in [0.1, 0.15) is 46.5 Å². The quantitative estimate of drug-likeness (QED) is 0.515. The molecule has 2 aliphatic heterocycles. The monoisotopic (exact) mass is 444 g/mol. The summed E-state index contributed by atoms with van der Waals surface area (Å²) in [5.41, 5.74) is 4.12. The van der Waals surface area contributed by atoms with Gasteiger partial charge in [0.1, 0.15) is 28.8 Å². The van der Waals surface area contributed by atoms with Crippen molar-refractivity contribution in [2.75, 3.05) is 31.6 Å². The van der Waals surface area contributed by atoms with Gasteiger partial charge in [-0.15, -0.1) is 0 Å². The molecule has 4 aromatic heterocycles. The summed E-state index contributed by atoms with van der Waals surface area (Å²) in [7, 11) is 1.65. The van der Waals surface area contributed by atoms with Crippen molar-refractivity contribution in [2.24, 2.45) is 0 Å². The number of carbonyl (C=O) groups excluding carboxylic acids is 1. The van der Waals surface area contributed by atoms with Crippen LogP contribution in [0.5, 0.6) is 5.75 Å². The van der Waals surface area contributed by atoms with Crippen LogP contribution in [0.25, 0.3) is 5.52 Å². The molecule has 1 fully saturated rings. The van der Waals surface area contributed by atoms with E-state index in [1.54, 1.807) is 25.8 Å². The maximum atomic E-state index is 12.7. The van der Waals surface area contributed by atoms with E-state index in [2.05, 4.69) is 24.8 Å². The summed E-state index contributed by atoms with van der Waals surface area (Å²) in [6.07, 6.45) is 9.79. The normalized spacial score (nSPS) is 18.0. The van der Waals surface area contributed by atoms with E-state index in [-0.39, 0.29) is 11.9 Å². The third-order valence-corrected chi connectivity index (χ3v) is 6.45. The average Bonchev–Trinajstić information content (AvgIpc) is 3.63. The van der Waals surface area contributed by atoms with Crippen LogP contribution in [0.4, 0.5) is 5.82 Å². The lowest BCUT2D eigenvalue weighted by atomic mass is 10.00. The first-order valence-electron chi connectivity index (χ1n) is 11.2. The summed E-state index contributed by atoms with van der Waals surface area (Å²) < 4.78 is 7.33. The zero-order valence-electron chi connectivity index (χ0n) is 18.3. The Morgan fingerprint density at radius 1 is 1.15 bits per heavy atom. The lowest BCUT2D eigenvalue weighted by Crippen LogP contribution is -2.37. The Morgan fingerprint density at radius 3 is 2.82 bits per heavy atom. The second-order valence-electron chi connectivity index (χ2n) is 8.35. The van der Waals surface area contributed by atoms with Gasteiger partial charge in [0.2, 0.25) is 0 Å². The molecule has 0 spiro atoms. The molecule has 6 rings (SSSR count). The van der Waals surface area contributed by atoms with Crippen molar-refractivity contribution in [1.82, 2.24) is 34.4 Å². The number of methoxy groups -OCH3 is 1. The summed E-state index contributed by atoms with van der Waals surface area (Å²) in [6.45, 7) is 2.30. The van der Waals surface area contributed by atoms with Crippen molar-refractivity contribution >= 4 is 17.2 Å². The number of nitrogens with zero attached hydrogens (tertiary/aromatic N) is 7. The van der Waals surface area contributed by atoms with Crippen LogP contribution in [0.2, 0.25) is 0 Å². The molecule has 4 aromatic rings. The number of H-pyrrole nitrogens is 1. The number of hydrogen-bond acceptors (Lipinski definition) is 7. The summed E-state index contributed by atoms with van der Waals surface area (Å²) in [6, 6.07) is 5.61. The highest BCUT2D eigenvalue weighted by Crippen LogP contribution is 2.36. The van der Waals surface area contributed by atoms with Crippen LogP contribution in [-0.4, -0.2) is 67.1 Å². The molecule has 1 saturated heterocycles. The molecule has 0 saturated carbocycles. The Bertz CT molecular complexity index is 1310. The first-order chi connectivity index (χ1) is 16.2. The van der Waals surface area contributed by atoms with Crippen molar-refractivity contribution in [3.8, 4) is 5.75 Å². The fraction of sp³-hybridized carbons (Fsp3) is 0.348. The van der Waals surface area contributed by atoms with Crippen LogP contribution in [0, 0.1) is 0 Å². The van der Waals surface area contributed by atoms with Crippen LogP contribution in [0.3, 0.4) is 0 Å². The third kappa shape index (κ3) is 3.29. The minimum absolute atomic E-state index is 0.0521. The fourth-order valence-corrected chi connectivity index (χ4v) is 4.80. The molecule has 33 heavy (non-hydrogen) atoms. The molecular formula is C23H24N8O2. The van der Waals surface area contributed by atoms with Gasteiger partial charge in [-0.25, -0.2) is 19.5 Å². The number of hydrogen-bond donors (Lipinski definition) is 1. The molecule has 10 heteroatoms. The Balaban J connectivity index is 1.38. The summed E-state index contributed by atoms with van der Waals surface area (Å²) in [5, 5.41) is 4.83. The van der Waals surface area contributed by atoms with Gasteiger partial charge in [0, 0.05) is 37.9 Å². The number of likely N-dealkylation sites (tertiary alicyclic amines) is 1. The van der Waals surface area contributed by atoms with Gasteiger partial charge >= 0.3 is 0 Å². The molecule has 0 bridgehead atoms. The SMILES string of the molecule is COc1cccn2nc([C@@H]3c4nc[nH]c4CCN3c3cnc(C(=O)N4CCCC4)cn3)cc12. The number of amides is 1. The second-order valence-corrected chi connectivity index (χ2v) is 8.35. The van der Waals surface area contributed by atoms with Crippen LogP contribution >= 0.6 is 0 Å². The molecule has 0 aliphatic carbocycles. The lowest BCUT2D eigenvalue weighted by Gasteiger charge is -2.34. The van der Waals surface area contributed by atoms with E-state index >= 15 is 0 Å². The number of rotatable bonds is 4. The second kappa shape index (κ2) is 7.88. The smallest absolute Gasteiger partial charge is 0.274 e. The summed E-state index contributed by atoms with van der Waals surface area (Å²) in [5.74, 6) is 1.39. The molecule has 1 atom stereocenters. The number of fused-ring (bicyclic) bond motifs is 2. The molecule has 0 aromatic carbocycles. The highest BCUT2D eigenvalue weighted by molar-refractivity contribution is 5.92. The minimum atomic E-state index is -0.237. The molecule has 1 N–H and O–H groups in total. The minimum Gasteiger partial charge on any atom is -0.494 e. The number of ether oxygens (including phenoxy) is 1. The van der Waals surface area contributed by atoms with E-state index in [1.807, 2.05) is 33.8 Å². The number of pyridine rings is 1. The van der Waals surface area contributed by atoms with Gasteiger partial charge < -0.3 is 19.5 Å². The Labute approximate surface area is 190 Å². The third-order valence-electron chi connectivity index (χ3n) is 6.45. The largest absolute Gasteiger partial charge is 0.494 e. The first-order valence-corrected chi connectivity index (χ1v) is 11.2. The lowest BCUT2D eigenvalue weighted by molar-refractivity contribution is 0.0786. The number of imidazole rings is 1. The van der Waals surface area contributed by atoms with Gasteiger partial charge in [-0.2, -0.15) is 5.10 Å². The summed E-state index contributed by atoms with van der Waals surface area (Å²) >= 11 is 0. The Kier molecular flexibility index (Phi) is 4.70. The van der Waals surface area contributed by atoms with E-state index in [0.717, 1.165) is 67.2 Å². The van der Waals surface area contributed by atoms with Crippen LogP contribution in [-0.2, 0) is 6.42 Å². The number of aromatic nitrogens is 6. The average molecular weight is 444 g/mol. The maximum absolute atomic E-state index is 12.7. The van der Waals surface area contributed by atoms with Gasteiger partial charge in [-0.3, -0.25) is 4.79 Å². The zero-order valence-corrected chi connectivity index (χ0v) is 18.3. The molecule has 0 radical (unpaired) electrons. The topological polar surface area (TPSA) is 105 Å². The molecular weight excluding hydrogens is 420 g/mol. The predicted octanol–water partition coefficient (Wildman–Crippen LogP) is 2.24. The highest BCUT2D eigenvalue weighted by Gasteiger charge is 2.34. The Hall–Kier alpha value is -3.95. The van der Waals surface area contributed by atoms with Gasteiger partial charge in [0.25, 0.3) is 5.91 Å². The summed E-state index contributed by atoms with van der Waals surface area (Å²) in [4.78, 5) is 33.6. The van der Waals surface area contributed by atoms with Crippen molar-refractivity contribution in [2.45, 2.75) is 25.3 Å². The van der Waals surface area contributed by atoms with E-state index in [9.17, 15) is 4.79 Å². The van der Waals surface area contributed by atoms with Crippen molar-refractivity contribution < 1.29 is 9.53 Å². The van der Waals surface area contributed by atoms with Crippen molar-refractivity contribution in [1.29, 1.82) is 0 Å². The fourth-order valence-electron chi connectivity index (χ4n) is 4.80. The standard InChI is InChI=1S/C23H24N8O2/c1-33-19-5-4-9-31-18(19)11-16(28-31)22-21-15(26-14-27-21)6-10-30(22)20-13-24-17(12-25-20)23(32)29-7-2-3-8-29/h4-5,9,11-14,22H,2-3,6-8,10H2,1H3,(H,26,27)/t22-/m1/s1. The van der Waals surface area contributed by atoms with Gasteiger partial charge in [0.15, 0.2) is 0 Å². The van der Waals surface area contributed by atoms with E-state index < -0.39 is 0 Å². The van der Waals surface area contributed by atoms with Gasteiger partial charge in [-0.1, -0.05) is 0 Å². The molecule has 6 heterocycles. The Morgan fingerprint density at radius 2 is 2.03 bits per heavy atom. The molecule has 1 amide bonds. The highest BCUT2D eigenvalue weighted by atomic mass is 16.5. The van der Waals surface area contributed by atoms with Gasteiger partial charge in [-0.05, 0) is 31.0 Å². The van der Waals surface area contributed by atoms with Crippen LogP contribution < -0.4 is 9.64 Å². The number of carbonyl (C=O) groups is 1. The maximum Gasteiger partial charge on any atom is 0.274 e. The molecule has 2 aliphatic rings. The molecule has 10 nitrogen and oxygen atoms in total. The first kappa shape index (κ1) is 19.7. The van der Waals surface area contributed by atoms with E-state index in [1.165, 1.54) is 0 Å². The van der Waals surface area contributed by atoms with Crippen molar-refractivity contribution in [3.63, 3.8) is 0 Å². The number of anilines is 1. The van der Waals surface area contributed by atoms with Crippen LogP contribution in [0.15, 0.2) is 43.1 Å².